The van der Waals surface area contributed by atoms with Crippen molar-refractivity contribution in [3.63, 3.8) is 0 Å². The summed E-state index contributed by atoms with van der Waals surface area (Å²) >= 11 is 12.6. The molecule has 0 aliphatic rings. The highest BCUT2D eigenvalue weighted by atomic mass is 35.5. The fraction of sp³-hybridized carbons (Fsp3) is 0.417. The monoisotopic (exact) mass is 543 g/mol. The lowest BCUT2D eigenvalue weighted by Crippen LogP contribution is -2.47. The lowest BCUT2D eigenvalue weighted by molar-refractivity contribution is -0.140. The van der Waals surface area contributed by atoms with Crippen molar-refractivity contribution in [3.05, 3.63) is 58.1 Å². The summed E-state index contributed by atoms with van der Waals surface area (Å²) in [6, 6.07) is 11.1. The Kier molecular flexibility index (Phi) is 10.7. The Morgan fingerprint density at radius 1 is 1.09 bits per heavy atom. The minimum absolute atomic E-state index is 0.00618. The lowest BCUT2D eigenvalue weighted by atomic mass is 10.1. The summed E-state index contributed by atoms with van der Waals surface area (Å²) in [6.45, 7) is 3.90. The van der Waals surface area contributed by atoms with E-state index in [0.29, 0.717) is 33.7 Å². The molecule has 2 rings (SSSR count). The van der Waals surface area contributed by atoms with Gasteiger partial charge in [0.2, 0.25) is 21.8 Å². The molecular formula is C24H31Cl2N3O5S. The summed E-state index contributed by atoms with van der Waals surface area (Å²) in [5.74, 6) is -0.233. The van der Waals surface area contributed by atoms with Crippen molar-refractivity contribution in [1.82, 2.24) is 10.2 Å². The van der Waals surface area contributed by atoms with E-state index < -0.39 is 16.1 Å². The maximum absolute atomic E-state index is 13.2. The summed E-state index contributed by atoms with van der Waals surface area (Å²) < 4.78 is 31.9. The molecule has 0 aliphatic carbocycles. The number of nitrogens with one attached hydrogen (secondary N) is 1. The molecule has 1 atom stereocenters. The van der Waals surface area contributed by atoms with Crippen LogP contribution in [0, 0.1) is 0 Å². The zero-order valence-corrected chi connectivity index (χ0v) is 22.6. The molecule has 8 nitrogen and oxygen atoms in total. The van der Waals surface area contributed by atoms with E-state index in [-0.39, 0.29) is 37.7 Å². The van der Waals surface area contributed by atoms with Crippen LogP contribution in [0.3, 0.4) is 0 Å². The number of carbonyl (C=O) groups excluding carboxylic acids is 2. The number of benzene rings is 2. The van der Waals surface area contributed by atoms with Crippen LogP contribution < -0.4 is 14.4 Å². The zero-order chi connectivity index (χ0) is 26.2. The van der Waals surface area contributed by atoms with Crippen LogP contribution in [0.25, 0.3) is 0 Å². The third-order valence-electron chi connectivity index (χ3n) is 5.39. The van der Waals surface area contributed by atoms with Gasteiger partial charge >= 0.3 is 0 Å². The molecule has 11 heteroatoms. The second-order valence-corrected chi connectivity index (χ2v) is 10.6. The summed E-state index contributed by atoms with van der Waals surface area (Å²) in [4.78, 5) is 27.0. The Bertz CT molecular complexity index is 1120. The molecule has 0 aromatic heterocycles. The molecule has 0 saturated heterocycles. The van der Waals surface area contributed by atoms with E-state index in [9.17, 15) is 18.0 Å². The van der Waals surface area contributed by atoms with Gasteiger partial charge in [-0.25, -0.2) is 8.42 Å². The van der Waals surface area contributed by atoms with Crippen LogP contribution >= 0.6 is 23.2 Å². The number of ether oxygens (including phenoxy) is 1. The van der Waals surface area contributed by atoms with Crippen molar-refractivity contribution in [3.8, 4) is 5.75 Å². The van der Waals surface area contributed by atoms with Crippen LogP contribution in [0.4, 0.5) is 5.69 Å². The van der Waals surface area contributed by atoms with E-state index in [0.717, 1.165) is 6.26 Å². The average Bonchev–Trinajstić information content (AvgIpc) is 2.80. The molecule has 2 amide bonds. The Morgan fingerprint density at radius 3 is 2.29 bits per heavy atom. The van der Waals surface area contributed by atoms with Crippen molar-refractivity contribution >= 4 is 50.7 Å². The predicted molar refractivity (Wildman–Crippen MR) is 140 cm³/mol. The number of hydrogen-bond acceptors (Lipinski definition) is 5. The highest BCUT2D eigenvalue weighted by Crippen LogP contribution is 2.30. The maximum atomic E-state index is 13.2. The van der Waals surface area contributed by atoms with Gasteiger partial charge in [-0.1, -0.05) is 41.4 Å². The van der Waals surface area contributed by atoms with Crippen LogP contribution in [0.1, 0.15) is 32.3 Å². The molecule has 0 spiro atoms. The number of rotatable bonds is 12. The molecule has 0 aliphatic heterocycles. The van der Waals surface area contributed by atoms with Gasteiger partial charge in [-0.2, -0.15) is 0 Å². The summed E-state index contributed by atoms with van der Waals surface area (Å²) in [5.41, 5.74) is 0.936. The van der Waals surface area contributed by atoms with Gasteiger partial charge in [-0.05, 0) is 44.5 Å². The Balaban J connectivity index is 2.23. The van der Waals surface area contributed by atoms with E-state index in [2.05, 4.69) is 5.32 Å². The summed E-state index contributed by atoms with van der Waals surface area (Å²) in [6.07, 6.45) is 1.34. The van der Waals surface area contributed by atoms with Gasteiger partial charge in [0.25, 0.3) is 0 Å². The van der Waals surface area contributed by atoms with Gasteiger partial charge in [0.15, 0.2) is 0 Å². The second kappa shape index (κ2) is 13.0. The summed E-state index contributed by atoms with van der Waals surface area (Å²) in [5, 5.41) is 3.32. The van der Waals surface area contributed by atoms with Crippen molar-refractivity contribution in [1.29, 1.82) is 0 Å². The average molecular weight is 545 g/mol. The molecule has 0 unspecified atom stereocenters. The lowest BCUT2D eigenvalue weighted by Gasteiger charge is -2.30. The third kappa shape index (κ3) is 7.75. The molecule has 2 aromatic rings. The van der Waals surface area contributed by atoms with Crippen molar-refractivity contribution in [2.45, 2.75) is 39.3 Å². The van der Waals surface area contributed by atoms with Gasteiger partial charge < -0.3 is 15.0 Å². The van der Waals surface area contributed by atoms with E-state index in [1.165, 1.54) is 16.3 Å². The number of para-hydroxylation sites is 2. The van der Waals surface area contributed by atoms with Crippen LogP contribution in [0.2, 0.25) is 10.0 Å². The highest BCUT2D eigenvalue weighted by molar-refractivity contribution is 7.92. The molecule has 0 radical (unpaired) electrons. The molecular weight excluding hydrogens is 513 g/mol. The molecule has 0 fully saturated rings. The minimum atomic E-state index is -3.64. The number of carbonyl (C=O) groups is 2. The van der Waals surface area contributed by atoms with Gasteiger partial charge in [0.05, 0.1) is 18.6 Å². The highest BCUT2D eigenvalue weighted by Gasteiger charge is 2.27. The van der Waals surface area contributed by atoms with Gasteiger partial charge in [0.1, 0.15) is 11.8 Å². The molecule has 2 aromatic carbocycles. The molecule has 1 N–H and O–H groups in total. The van der Waals surface area contributed by atoms with E-state index in [1.54, 1.807) is 49.4 Å². The first-order valence-corrected chi connectivity index (χ1v) is 13.7. The normalized spacial score (nSPS) is 12.1. The van der Waals surface area contributed by atoms with Crippen molar-refractivity contribution < 1.29 is 22.7 Å². The number of nitrogens with zero attached hydrogens (tertiary/aromatic N) is 2. The largest absolute Gasteiger partial charge is 0.492 e. The molecule has 35 heavy (non-hydrogen) atoms. The number of halogens is 2. The first kappa shape index (κ1) is 28.7. The van der Waals surface area contributed by atoms with E-state index in [1.807, 2.05) is 6.92 Å². The fourth-order valence-corrected chi connectivity index (χ4v) is 5.05. The molecule has 192 valence electrons. The SMILES string of the molecule is CCOc1ccccc1N(CCCC(=O)N(Cc1c(Cl)cccc1Cl)[C@H](C)C(=O)NC)S(C)(=O)=O. The first-order valence-electron chi connectivity index (χ1n) is 11.1. The number of anilines is 1. The first-order chi connectivity index (χ1) is 16.5. The van der Waals surface area contributed by atoms with Gasteiger partial charge in [-0.15, -0.1) is 0 Å². The number of hydrogen-bond donors (Lipinski definition) is 1. The smallest absolute Gasteiger partial charge is 0.242 e. The zero-order valence-electron chi connectivity index (χ0n) is 20.3. The van der Waals surface area contributed by atoms with Crippen LogP contribution in [0.15, 0.2) is 42.5 Å². The van der Waals surface area contributed by atoms with E-state index >= 15 is 0 Å². The quantitative estimate of drug-likeness (QED) is 0.434. The second-order valence-electron chi connectivity index (χ2n) is 7.85. The number of amides is 2. The number of likely N-dealkylation sites (N-methyl/N-ethyl adjacent to an activating group) is 1. The Labute approximate surface area is 217 Å². The summed E-state index contributed by atoms with van der Waals surface area (Å²) in [7, 11) is -2.15. The van der Waals surface area contributed by atoms with Crippen molar-refractivity contribution in [2.75, 3.05) is 30.8 Å². The Hall–Kier alpha value is -2.49. The minimum Gasteiger partial charge on any atom is -0.492 e. The van der Waals surface area contributed by atoms with E-state index in [4.69, 9.17) is 27.9 Å². The maximum Gasteiger partial charge on any atom is 0.242 e. The van der Waals surface area contributed by atoms with Gasteiger partial charge in [-0.3, -0.25) is 13.9 Å². The molecule has 0 saturated carbocycles. The Morgan fingerprint density at radius 2 is 1.71 bits per heavy atom. The van der Waals surface area contributed by atoms with Crippen LogP contribution in [-0.4, -0.2) is 57.6 Å². The predicted octanol–water partition coefficient (Wildman–Crippen LogP) is 4.10. The standard InChI is InChI=1S/C24H31Cl2N3O5S/c1-5-34-22-13-7-6-12-21(22)29(35(4,32)33)15-9-14-23(30)28(17(2)24(31)27-3)16-18-19(25)10-8-11-20(18)26/h6-8,10-13,17H,5,9,14-16H2,1-4H3,(H,27,31)/t17-/m1/s1. The number of sulfonamides is 1. The topological polar surface area (TPSA) is 96.0 Å². The van der Waals surface area contributed by atoms with Gasteiger partial charge in [0, 0.05) is 42.2 Å². The molecule has 0 bridgehead atoms. The van der Waals surface area contributed by atoms with Crippen molar-refractivity contribution in [2.24, 2.45) is 0 Å². The third-order valence-corrected chi connectivity index (χ3v) is 7.28. The van der Waals surface area contributed by atoms with Crippen LogP contribution in [0.5, 0.6) is 5.75 Å². The fourth-order valence-electron chi connectivity index (χ4n) is 3.57. The van der Waals surface area contributed by atoms with Crippen LogP contribution in [-0.2, 0) is 26.2 Å². The molecule has 0 heterocycles.